The van der Waals surface area contributed by atoms with Crippen LogP contribution in [0.4, 0.5) is 0 Å². The van der Waals surface area contributed by atoms with E-state index in [0.29, 0.717) is 17.5 Å². The molecule has 54 heavy (non-hydrogen) atoms. The van der Waals surface area contributed by atoms with Gasteiger partial charge >= 0.3 is 0 Å². The Morgan fingerprint density at radius 2 is 0.907 bits per heavy atom. The van der Waals surface area contributed by atoms with Gasteiger partial charge in [-0.3, -0.25) is 0 Å². The molecule has 0 unspecified atom stereocenters. The first kappa shape index (κ1) is 30.3. The fraction of sp³-hybridized carbons (Fsp3) is 0. The van der Waals surface area contributed by atoms with E-state index in [-0.39, 0.29) is 0 Å². The molecule has 0 radical (unpaired) electrons. The van der Waals surface area contributed by atoms with Gasteiger partial charge in [-0.25, -0.2) is 15.0 Å². The van der Waals surface area contributed by atoms with Crippen LogP contribution >= 0.6 is 0 Å². The normalized spacial score (nSPS) is 11.7. The van der Waals surface area contributed by atoms with Gasteiger partial charge in [-0.05, 0) is 69.9 Å². The van der Waals surface area contributed by atoms with Crippen molar-refractivity contribution in [2.45, 2.75) is 0 Å². The second-order valence-corrected chi connectivity index (χ2v) is 13.6. The lowest BCUT2D eigenvalue weighted by atomic mass is 9.92. The lowest BCUT2D eigenvalue weighted by Crippen LogP contribution is -2.00. The van der Waals surface area contributed by atoms with Crippen molar-refractivity contribution >= 4 is 54.6 Å². The number of benzene rings is 8. The summed E-state index contributed by atoms with van der Waals surface area (Å²) < 4.78 is 13.0. The van der Waals surface area contributed by atoms with Gasteiger partial charge in [0.2, 0.25) is 0 Å². The van der Waals surface area contributed by atoms with E-state index in [9.17, 15) is 0 Å². The summed E-state index contributed by atoms with van der Waals surface area (Å²) in [6.07, 6.45) is 0. The molecule has 0 amide bonds. The average Bonchev–Trinajstić information content (AvgIpc) is 3.81. The molecule has 11 aromatic rings. The highest BCUT2D eigenvalue weighted by Gasteiger charge is 2.18. The van der Waals surface area contributed by atoms with E-state index in [4.69, 9.17) is 23.8 Å². The van der Waals surface area contributed by atoms with Gasteiger partial charge < -0.3 is 8.83 Å². The summed E-state index contributed by atoms with van der Waals surface area (Å²) in [7, 11) is 0. The smallest absolute Gasteiger partial charge is 0.164 e. The molecule has 0 aliphatic carbocycles. The maximum Gasteiger partial charge on any atom is 0.164 e. The molecule has 5 heteroatoms. The Kier molecular flexibility index (Phi) is 6.79. The van der Waals surface area contributed by atoms with Crippen molar-refractivity contribution in [1.29, 1.82) is 0 Å². The molecule has 252 valence electrons. The number of para-hydroxylation sites is 2. The first-order valence-electron chi connectivity index (χ1n) is 18.0. The van der Waals surface area contributed by atoms with Crippen LogP contribution in [0, 0.1) is 0 Å². The molecule has 0 saturated carbocycles. The maximum absolute atomic E-state index is 6.84. The van der Waals surface area contributed by atoms with Crippen molar-refractivity contribution in [3.05, 3.63) is 176 Å². The summed E-state index contributed by atoms with van der Waals surface area (Å²) in [5.74, 6) is 1.84. The van der Waals surface area contributed by atoms with E-state index in [1.807, 2.05) is 72.8 Å². The Labute approximate surface area is 309 Å². The van der Waals surface area contributed by atoms with Gasteiger partial charge in [-0.1, -0.05) is 133 Å². The highest BCUT2D eigenvalue weighted by atomic mass is 16.3. The van der Waals surface area contributed by atoms with Crippen LogP contribution in [0.1, 0.15) is 0 Å². The van der Waals surface area contributed by atoms with Crippen LogP contribution in [-0.4, -0.2) is 15.0 Å². The molecule has 5 nitrogen and oxygen atoms in total. The topological polar surface area (TPSA) is 65.0 Å². The van der Waals surface area contributed by atoms with E-state index >= 15 is 0 Å². The summed E-state index contributed by atoms with van der Waals surface area (Å²) in [6.45, 7) is 0. The lowest BCUT2D eigenvalue weighted by molar-refractivity contribution is 0.669. The molecule has 0 atom stereocenters. The number of fused-ring (bicyclic) bond motifs is 7. The quantitative estimate of drug-likeness (QED) is 0.180. The van der Waals surface area contributed by atoms with Crippen LogP contribution in [0.5, 0.6) is 0 Å². The number of hydrogen-bond acceptors (Lipinski definition) is 5. The summed E-state index contributed by atoms with van der Waals surface area (Å²) in [6, 6.07) is 60.6. The number of furan rings is 2. The minimum Gasteiger partial charge on any atom is -0.456 e. The Hall–Kier alpha value is -7.37. The zero-order valence-electron chi connectivity index (χ0n) is 28.9. The largest absolute Gasteiger partial charge is 0.456 e. The number of nitrogens with zero attached hydrogens (tertiary/aromatic N) is 3. The Morgan fingerprint density at radius 1 is 0.296 bits per heavy atom. The van der Waals surface area contributed by atoms with Gasteiger partial charge in [-0.2, -0.15) is 0 Å². The van der Waals surface area contributed by atoms with Crippen LogP contribution in [0.15, 0.2) is 185 Å². The van der Waals surface area contributed by atoms with Gasteiger partial charge in [0.15, 0.2) is 17.5 Å². The molecule has 8 aromatic carbocycles. The molecule has 3 aromatic heterocycles. The zero-order chi connectivity index (χ0) is 35.6. The van der Waals surface area contributed by atoms with E-state index < -0.39 is 0 Å². The predicted molar refractivity (Wildman–Crippen MR) is 219 cm³/mol. The van der Waals surface area contributed by atoms with Crippen molar-refractivity contribution in [3.8, 4) is 56.4 Å². The molecular weight excluding hydrogens is 663 g/mol. The standard InChI is InChI=1S/C49H29N3O2/c1-3-12-30(13-4-1)47-50-48(31-14-5-2-6-15-31)52-49(51-47)34-22-24-38-39-19-11-20-40(46(39)54-45(38)29-34)41-28-35(26-33-16-7-8-17-36(33)41)32-23-25-44-42(27-32)37-18-9-10-21-43(37)53-44/h1-29H. The summed E-state index contributed by atoms with van der Waals surface area (Å²) in [4.78, 5) is 14.8. The third-order valence-electron chi connectivity index (χ3n) is 10.3. The average molecular weight is 692 g/mol. The highest BCUT2D eigenvalue weighted by molar-refractivity contribution is 6.13. The second kappa shape index (κ2) is 12.1. The first-order valence-corrected chi connectivity index (χ1v) is 18.0. The summed E-state index contributed by atoms with van der Waals surface area (Å²) in [5, 5.41) is 6.64. The summed E-state index contributed by atoms with van der Waals surface area (Å²) >= 11 is 0. The summed E-state index contributed by atoms with van der Waals surface area (Å²) in [5.41, 5.74) is 10.5. The van der Waals surface area contributed by atoms with Crippen LogP contribution < -0.4 is 0 Å². The molecule has 0 aliphatic heterocycles. The van der Waals surface area contributed by atoms with Crippen molar-refractivity contribution in [2.75, 3.05) is 0 Å². The Morgan fingerprint density at radius 3 is 1.69 bits per heavy atom. The van der Waals surface area contributed by atoms with Gasteiger partial charge in [-0.15, -0.1) is 0 Å². The minimum absolute atomic E-state index is 0.589. The molecule has 0 saturated heterocycles. The molecule has 3 heterocycles. The fourth-order valence-electron chi connectivity index (χ4n) is 7.69. The second-order valence-electron chi connectivity index (χ2n) is 13.6. The van der Waals surface area contributed by atoms with Crippen LogP contribution in [0.25, 0.3) is 111 Å². The van der Waals surface area contributed by atoms with E-state index in [1.54, 1.807) is 0 Å². The highest BCUT2D eigenvalue weighted by Crippen LogP contribution is 2.42. The van der Waals surface area contributed by atoms with Crippen LogP contribution in [0.3, 0.4) is 0 Å². The fourth-order valence-corrected chi connectivity index (χ4v) is 7.69. The number of rotatable bonds is 5. The van der Waals surface area contributed by atoms with Gasteiger partial charge in [0.05, 0.1) is 0 Å². The van der Waals surface area contributed by atoms with E-state index in [1.165, 1.54) is 0 Å². The third kappa shape index (κ3) is 4.98. The molecule has 0 aliphatic rings. The zero-order valence-corrected chi connectivity index (χ0v) is 28.9. The van der Waals surface area contributed by atoms with Gasteiger partial charge in [0, 0.05) is 43.8 Å². The van der Waals surface area contributed by atoms with Gasteiger partial charge in [0.1, 0.15) is 22.3 Å². The number of aromatic nitrogens is 3. The van der Waals surface area contributed by atoms with Crippen LogP contribution in [0.2, 0.25) is 0 Å². The minimum atomic E-state index is 0.589. The van der Waals surface area contributed by atoms with Crippen molar-refractivity contribution in [2.24, 2.45) is 0 Å². The monoisotopic (exact) mass is 691 g/mol. The third-order valence-corrected chi connectivity index (χ3v) is 10.3. The Bertz CT molecular complexity index is 3160. The SMILES string of the molecule is c1ccc(-c2nc(-c3ccccc3)nc(-c3ccc4c(c3)oc3c(-c5cc(-c6ccc7oc8ccccc8c7c6)cc6ccccc56)cccc34)n2)cc1. The molecule has 0 bridgehead atoms. The van der Waals surface area contributed by atoms with E-state index in [2.05, 4.69) is 103 Å². The lowest BCUT2D eigenvalue weighted by Gasteiger charge is -2.12. The molecule has 0 N–H and O–H groups in total. The molecule has 0 spiro atoms. The Balaban J connectivity index is 1.07. The van der Waals surface area contributed by atoms with Gasteiger partial charge in [0.25, 0.3) is 0 Å². The van der Waals surface area contributed by atoms with Crippen molar-refractivity contribution < 1.29 is 8.83 Å². The molecule has 0 fully saturated rings. The van der Waals surface area contributed by atoms with Crippen molar-refractivity contribution in [1.82, 2.24) is 15.0 Å². The van der Waals surface area contributed by atoms with Crippen LogP contribution in [-0.2, 0) is 0 Å². The first-order chi connectivity index (χ1) is 26.7. The number of hydrogen-bond donors (Lipinski definition) is 0. The molecular formula is C49H29N3O2. The maximum atomic E-state index is 6.84. The molecule has 11 rings (SSSR count). The van der Waals surface area contributed by atoms with E-state index in [0.717, 1.165) is 93.6 Å². The van der Waals surface area contributed by atoms with Crippen molar-refractivity contribution in [3.63, 3.8) is 0 Å². The predicted octanol–water partition coefficient (Wildman–Crippen LogP) is 13.2.